The Morgan fingerprint density at radius 3 is 2.61 bits per heavy atom. The average molecular weight is 275 g/mol. The highest BCUT2D eigenvalue weighted by Crippen LogP contribution is 2.28. The van der Waals surface area contributed by atoms with Crippen LogP contribution >= 0.6 is 11.6 Å². The van der Waals surface area contributed by atoms with Crippen molar-refractivity contribution in [2.45, 2.75) is 18.6 Å². The van der Waals surface area contributed by atoms with Crippen LogP contribution in [0.3, 0.4) is 0 Å². The lowest BCUT2D eigenvalue weighted by Gasteiger charge is -2.18. The zero-order valence-electron chi connectivity index (χ0n) is 9.84. The van der Waals surface area contributed by atoms with E-state index in [2.05, 4.69) is 4.74 Å². The summed E-state index contributed by atoms with van der Waals surface area (Å²) in [6.07, 6.45) is -2.13. The molecule has 1 aromatic rings. The van der Waals surface area contributed by atoms with Gasteiger partial charge in [0.05, 0.1) is 18.8 Å². The number of carbonyl (C=O) groups is 1. The predicted octanol–water partition coefficient (Wildman–Crippen LogP) is 1.20. The number of aliphatic hydroxyl groups is 2. The number of methoxy groups -OCH3 is 1. The molecule has 0 amide bonds. The Labute approximate surface area is 110 Å². The molecule has 0 aliphatic heterocycles. The lowest BCUT2D eigenvalue weighted by atomic mass is 10.00. The number of aliphatic hydroxyl groups excluding tert-OH is 2. The summed E-state index contributed by atoms with van der Waals surface area (Å²) in [4.78, 5) is 11.2. The maximum atomic E-state index is 11.2. The van der Waals surface area contributed by atoms with Crippen LogP contribution in [0.25, 0.3) is 0 Å². The normalized spacial score (nSPS) is 14.0. The Morgan fingerprint density at radius 1 is 1.44 bits per heavy atom. The number of rotatable bonds is 5. The predicted molar refractivity (Wildman–Crippen MR) is 65.7 cm³/mol. The van der Waals surface area contributed by atoms with Crippen LogP contribution in [0.1, 0.15) is 28.4 Å². The second-order valence-electron chi connectivity index (χ2n) is 3.76. The van der Waals surface area contributed by atoms with E-state index in [9.17, 15) is 20.1 Å². The highest BCUT2D eigenvalue weighted by molar-refractivity contribution is 6.17. The molecule has 0 aliphatic rings. The van der Waals surface area contributed by atoms with Crippen molar-refractivity contribution in [2.24, 2.45) is 0 Å². The van der Waals surface area contributed by atoms with Gasteiger partial charge in [0.15, 0.2) is 0 Å². The van der Waals surface area contributed by atoms with Gasteiger partial charge in [0, 0.05) is 11.4 Å². The lowest BCUT2D eigenvalue weighted by Crippen LogP contribution is -2.19. The van der Waals surface area contributed by atoms with Gasteiger partial charge in [-0.2, -0.15) is 0 Å². The molecule has 0 aliphatic carbocycles. The molecule has 0 heterocycles. The molecule has 5 nitrogen and oxygen atoms in total. The van der Waals surface area contributed by atoms with Crippen LogP contribution in [-0.4, -0.2) is 40.4 Å². The van der Waals surface area contributed by atoms with E-state index in [4.69, 9.17) is 11.6 Å². The lowest BCUT2D eigenvalue weighted by molar-refractivity contribution is 0.0156. The Hall–Kier alpha value is -1.30. The van der Waals surface area contributed by atoms with Gasteiger partial charge in [-0.25, -0.2) is 4.79 Å². The SMILES string of the molecule is COC(=O)c1ccc(C(O)C(O)CCCl)c(O)c1. The minimum atomic E-state index is -1.25. The van der Waals surface area contributed by atoms with Crippen LogP contribution in [0.2, 0.25) is 0 Å². The van der Waals surface area contributed by atoms with Gasteiger partial charge in [-0.05, 0) is 18.6 Å². The fourth-order valence-electron chi connectivity index (χ4n) is 1.52. The Balaban J connectivity index is 2.94. The Kier molecular flexibility index (Phi) is 5.40. The first-order valence-corrected chi connectivity index (χ1v) is 5.88. The highest BCUT2D eigenvalue weighted by Gasteiger charge is 2.21. The van der Waals surface area contributed by atoms with E-state index < -0.39 is 18.2 Å². The molecule has 0 fully saturated rings. The molecule has 1 aromatic carbocycles. The first kappa shape index (κ1) is 14.8. The number of hydrogen-bond donors (Lipinski definition) is 3. The van der Waals surface area contributed by atoms with E-state index in [1.165, 1.54) is 25.3 Å². The number of alkyl halides is 1. The number of aromatic hydroxyl groups is 1. The molecular formula is C12H15ClO5. The number of esters is 1. The van der Waals surface area contributed by atoms with Crippen LogP contribution in [0.4, 0.5) is 0 Å². The molecule has 0 radical (unpaired) electrons. The van der Waals surface area contributed by atoms with E-state index in [-0.39, 0.29) is 29.2 Å². The van der Waals surface area contributed by atoms with Gasteiger partial charge in [0.25, 0.3) is 0 Å². The summed E-state index contributed by atoms with van der Waals surface area (Å²) >= 11 is 5.46. The largest absolute Gasteiger partial charge is 0.508 e. The van der Waals surface area contributed by atoms with E-state index in [1.54, 1.807) is 0 Å². The number of benzene rings is 1. The zero-order chi connectivity index (χ0) is 13.7. The third-order valence-electron chi connectivity index (χ3n) is 2.54. The number of phenols is 1. The van der Waals surface area contributed by atoms with Gasteiger partial charge >= 0.3 is 5.97 Å². The van der Waals surface area contributed by atoms with Crippen LogP contribution in [0.5, 0.6) is 5.75 Å². The number of carbonyl (C=O) groups excluding carboxylic acids is 1. The quantitative estimate of drug-likeness (QED) is 0.555. The van der Waals surface area contributed by atoms with Gasteiger partial charge in [-0.15, -0.1) is 11.6 Å². The van der Waals surface area contributed by atoms with Crippen molar-refractivity contribution >= 4 is 17.6 Å². The second kappa shape index (κ2) is 6.58. The summed E-state index contributed by atoms with van der Waals surface area (Å²) in [5.74, 6) is -0.675. The minimum Gasteiger partial charge on any atom is -0.508 e. The monoisotopic (exact) mass is 274 g/mol. The van der Waals surface area contributed by atoms with Crippen molar-refractivity contribution < 1.29 is 24.9 Å². The molecule has 1 rings (SSSR count). The third kappa shape index (κ3) is 3.35. The molecule has 3 N–H and O–H groups in total. The van der Waals surface area contributed by atoms with Gasteiger partial charge < -0.3 is 20.1 Å². The first-order chi connectivity index (χ1) is 8.51. The molecular weight excluding hydrogens is 260 g/mol. The fraction of sp³-hybridized carbons (Fsp3) is 0.417. The van der Waals surface area contributed by atoms with Crippen LogP contribution in [0.15, 0.2) is 18.2 Å². The molecule has 6 heteroatoms. The highest BCUT2D eigenvalue weighted by atomic mass is 35.5. The number of phenolic OH excluding ortho intramolecular Hbond substituents is 1. The zero-order valence-corrected chi connectivity index (χ0v) is 10.6. The summed E-state index contributed by atoms with van der Waals surface area (Å²) in [7, 11) is 1.23. The first-order valence-electron chi connectivity index (χ1n) is 5.34. The van der Waals surface area contributed by atoms with E-state index in [0.717, 1.165) is 0 Å². The van der Waals surface area contributed by atoms with Crippen molar-refractivity contribution in [2.75, 3.05) is 13.0 Å². The maximum Gasteiger partial charge on any atom is 0.337 e. The second-order valence-corrected chi connectivity index (χ2v) is 4.13. The summed E-state index contributed by atoms with van der Waals surface area (Å²) in [5.41, 5.74) is 0.304. The van der Waals surface area contributed by atoms with Gasteiger partial charge in [-0.3, -0.25) is 0 Å². The number of hydrogen-bond acceptors (Lipinski definition) is 5. The summed E-state index contributed by atoms with van der Waals surface area (Å²) in [6, 6.07) is 3.94. The van der Waals surface area contributed by atoms with Crippen molar-refractivity contribution in [3.8, 4) is 5.75 Å². The van der Waals surface area contributed by atoms with E-state index in [1.807, 2.05) is 0 Å². The summed E-state index contributed by atoms with van der Waals surface area (Å²) < 4.78 is 4.50. The number of halogens is 1. The molecule has 0 spiro atoms. The minimum absolute atomic E-state index is 0.139. The van der Waals surface area contributed by atoms with E-state index in [0.29, 0.717) is 0 Å². The Morgan fingerprint density at radius 2 is 2.11 bits per heavy atom. The Bertz CT molecular complexity index is 421. The molecule has 0 saturated heterocycles. The third-order valence-corrected chi connectivity index (χ3v) is 2.76. The molecule has 0 saturated carbocycles. The van der Waals surface area contributed by atoms with E-state index >= 15 is 0 Å². The average Bonchev–Trinajstić information content (AvgIpc) is 2.37. The van der Waals surface area contributed by atoms with Crippen LogP contribution < -0.4 is 0 Å². The van der Waals surface area contributed by atoms with Gasteiger partial charge in [0.1, 0.15) is 11.9 Å². The fourth-order valence-corrected chi connectivity index (χ4v) is 1.74. The van der Waals surface area contributed by atoms with Crippen molar-refractivity contribution in [3.05, 3.63) is 29.3 Å². The summed E-state index contributed by atoms with van der Waals surface area (Å²) in [5, 5.41) is 29.1. The standard InChI is InChI=1S/C12H15ClO5/c1-18-12(17)7-2-3-8(10(15)6-7)11(16)9(14)4-5-13/h2-3,6,9,11,14-16H,4-5H2,1H3. The molecule has 0 bridgehead atoms. The molecule has 100 valence electrons. The number of ether oxygens (including phenoxy) is 1. The van der Waals surface area contributed by atoms with Crippen LogP contribution in [-0.2, 0) is 4.74 Å². The summed E-state index contributed by atoms with van der Waals surface area (Å²) in [6.45, 7) is 0. The van der Waals surface area contributed by atoms with Crippen molar-refractivity contribution in [1.82, 2.24) is 0 Å². The van der Waals surface area contributed by atoms with Gasteiger partial charge in [-0.1, -0.05) is 6.07 Å². The smallest absolute Gasteiger partial charge is 0.337 e. The van der Waals surface area contributed by atoms with Crippen LogP contribution in [0, 0.1) is 0 Å². The maximum absolute atomic E-state index is 11.2. The van der Waals surface area contributed by atoms with Crippen molar-refractivity contribution in [3.63, 3.8) is 0 Å². The molecule has 0 aromatic heterocycles. The molecule has 2 atom stereocenters. The van der Waals surface area contributed by atoms with Crippen molar-refractivity contribution in [1.29, 1.82) is 0 Å². The van der Waals surface area contributed by atoms with Gasteiger partial charge in [0.2, 0.25) is 0 Å². The topological polar surface area (TPSA) is 87.0 Å². The molecule has 18 heavy (non-hydrogen) atoms. The molecule has 2 unspecified atom stereocenters.